The van der Waals surface area contributed by atoms with Crippen LogP contribution in [0.15, 0.2) is 48.5 Å². The second-order valence-electron chi connectivity index (χ2n) is 5.19. The number of thiophene rings is 1. The van der Waals surface area contributed by atoms with E-state index < -0.39 is 0 Å². The maximum absolute atomic E-state index is 6.30. The lowest BCUT2D eigenvalue weighted by Gasteiger charge is -2.17. The summed E-state index contributed by atoms with van der Waals surface area (Å²) in [6, 6.07) is 17.3. The van der Waals surface area contributed by atoms with Gasteiger partial charge in [-0.25, -0.2) is 0 Å². The molecule has 1 heterocycles. The molecule has 0 radical (unpaired) electrons. The van der Waals surface area contributed by atoms with Crippen LogP contribution in [0.1, 0.15) is 29.0 Å². The van der Waals surface area contributed by atoms with Crippen molar-refractivity contribution in [3.05, 3.63) is 69.6 Å². The summed E-state index contributed by atoms with van der Waals surface area (Å²) in [5, 5.41) is 5.71. The van der Waals surface area contributed by atoms with Crippen molar-refractivity contribution < 1.29 is 0 Å². The topological polar surface area (TPSA) is 12.0 Å². The first kappa shape index (κ1) is 14.6. The van der Waals surface area contributed by atoms with Gasteiger partial charge in [0, 0.05) is 14.6 Å². The number of hydrogen-bond acceptors (Lipinski definition) is 2. The highest BCUT2D eigenvalue weighted by Crippen LogP contribution is 2.34. The molecular formula is C18H18ClNS. The Bertz CT molecular complexity index is 730. The van der Waals surface area contributed by atoms with E-state index in [1.165, 1.54) is 20.5 Å². The Hall–Kier alpha value is -1.35. The molecule has 1 atom stereocenters. The SMILES string of the molecule is CCNC(c1ccc(C)c(Cl)c1)c1cc2ccccc2s1. The van der Waals surface area contributed by atoms with Crippen LogP contribution >= 0.6 is 22.9 Å². The van der Waals surface area contributed by atoms with Gasteiger partial charge in [0.05, 0.1) is 6.04 Å². The average molecular weight is 316 g/mol. The van der Waals surface area contributed by atoms with Crippen LogP contribution in [-0.2, 0) is 0 Å². The molecule has 1 aromatic heterocycles. The van der Waals surface area contributed by atoms with Crippen LogP contribution in [0, 0.1) is 6.92 Å². The summed E-state index contributed by atoms with van der Waals surface area (Å²) in [5.41, 5.74) is 2.34. The predicted molar refractivity (Wildman–Crippen MR) is 93.5 cm³/mol. The lowest BCUT2D eigenvalue weighted by atomic mass is 10.0. The minimum absolute atomic E-state index is 0.200. The zero-order chi connectivity index (χ0) is 14.8. The quantitative estimate of drug-likeness (QED) is 0.664. The fraction of sp³-hybridized carbons (Fsp3) is 0.222. The van der Waals surface area contributed by atoms with Crippen molar-refractivity contribution in [1.29, 1.82) is 0 Å². The molecule has 1 unspecified atom stereocenters. The standard InChI is InChI=1S/C18H18ClNS/c1-3-20-18(14-9-8-12(2)15(19)10-14)17-11-13-6-4-5-7-16(13)21-17/h4-11,18,20H,3H2,1-2H3. The van der Waals surface area contributed by atoms with E-state index in [-0.39, 0.29) is 6.04 Å². The number of benzene rings is 2. The van der Waals surface area contributed by atoms with Gasteiger partial charge in [0.2, 0.25) is 0 Å². The molecule has 3 heteroatoms. The van der Waals surface area contributed by atoms with Crippen molar-refractivity contribution in [1.82, 2.24) is 5.32 Å². The third kappa shape index (κ3) is 2.98. The zero-order valence-corrected chi connectivity index (χ0v) is 13.8. The molecule has 21 heavy (non-hydrogen) atoms. The number of hydrogen-bond donors (Lipinski definition) is 1. The summed E-state index contributed by atoms with van der Waals surface area (Å²) >= 11 is 8.14. The Morgan fingerprint density at radius 3 is 2.67 bits per heavy atom. The fourth-order valence-corrected chi connectivity index (χ4v) is 3.88. The molecule has 2 aromatic carbocycles. The summed E-state index contributed by atoms with van der Waals surface area (Å²) in [4.78, 5) is 1.33. The third-order valence-corrected chi connectivity index (χ3v) is 5.25. The van der Waals surface area contributed by atoms with Crippen molar-refractivity contribution in [2.75, 3.05) is 6.54 Å². The maximum Gasteiger partial charge on any atom is 0.0671 e. The van der Waals surface area contributed by atoms with Gasteiger partial charge in [-0.15, -0.1) is 11.3 Å². The first-order valence-corrected chi connectivity index (χ1v) is 8.36. The lowest BCUT2D eigenvalue weighted by molar-refractivity contribution is 0.640. The molecule has 0 aliphatic rings. The minimum atomic E-state index is 0.200. The van der Waals surface area contributed by atoms with E-state index in [0.29, 0.717) is 0 Å². The van der Waals surface area contributed by atoms with Crippen molar-refractivity contribution in [2.45, 2.75) is 19.9 Å². The molecule has 1 nitrogen and oxygen atoms in total. The van der Waals surface area contributed by atoms with E-state index in [0.717, 1.165) is 17.1 Å². The highest BCUT2D eigenvalue weighted by atomic mass is 35.5. The lowest BCUT2D eigenvalue weighted by Crippen LogP contribution is -2.21. The number of nitrogens with one attached hydrogen (secondary N) is 1. The molecule has 0 saturated carbocycles. The summed E-state index contributed by atoms with van der Waals surface area (Å²) in [6.45, 7) is 5.09. The molecular weight excluding hydrogens is 298 g/mol. The van der Waals surface area contributed by atoms with Gasteiger partial charge in [0.25, 0.3) is 0 Å². The van der Waals surface area contributed by atoms with Crippen LogP contribution in [0.5, 0.6) is 0 Å². The van der Waals surface area contributed by atoms with Gasteiger partial charge >= 0.3 is 0 Å². The van der Waals surface area contributed by atoms with Crippen LogP contribution < -0.4 is 5.32 Å². The van der Waals surface area contributed by atoms with Crippen LogP contribution in [-0.4, -0.2) is 6.54 Å². The smallest absolute Gasteiger partial charge is 0.0671 e. The van der Waals surface area contributed by atoms with E-state index in [9.17, 15) is 0 Å². The van der Waals surface area contributed by atoms with Gasteiger partial charge in [0.15, 0.2) is 0 Å². The first-order valence-electron chi connectivity index (χ1n) is 7.17. The molecule has 0 fully saturated rings. The van der Waals surface area contributed by atoms with E-state index >= 15 is 0 Å². The number of rotatable bonds is 4. The van der Waals surface area contributed by atoms with Gasteiger partial charge < -0.3 is 5.32 Å². The van der Waals surface area contributed by atoms with E-state index in [1.54, 1.807) is 0 Å². The van der Waals surface area contributed by atoms with Gasteiger partial charge in [-0.2, -0.15) is 0 Å². The Kier molecular flexibility index (Phi) is 4.29. The highest BCUT2D eigenvalue weighted by molar-refractivity contribution is 7.19. The van der Waals surface area contributed by atoms with E-state index in [2.05, 4.69) is 60.8 Å². The molecule has 0 bridgehead atoms. The Labute approximate surface area is 134 Å². The predicted octanol–water partition coefficient (Wildman–Crippen LogP) is 5.56. The summed E-state index contributed by atoms with van der Waals surface area (Å²) in [7, 11) is 0. The molecule has 0 saturated heterocycles. The van der Waals surface area contributed by atoms with Crippen LogP contribution in [0.25, 0.3) is 10.1 Å². The second kappa shape index (κ2) is 6.18. The molecule has 108 valence electrons. The van der Waals surface area contributed by atoms with Crippen LogP contribution in [0.3, 0.4) is 0 Å². The number of fused-ring (bicyclic) bond motifs is 1. The van der Waals surface area contributed by atoms with Crippen LogP contribution in [0.4, 0.5) is 0 Å². The summed E-state index contributed by atoms with van der Waals surface area (Å²) in [5.74, 6) is 0. The third-order valence-electron chi connectivity index (χ3n) is 3.67. The van der Waals surface area contributed by atoms with Crippen molar-refractivity contribution in [3.63, 3.8) is 0 Å². The van der Waals surface area contributed by atoms with Gasteiger partial charge in [-0.3, -0.25) is 0 Å². The fourth-order valence-electron chi connectivity index (χ4n) is 2.52. The Morgan fingerprint density at radius 1 is 1.14 bits per heavy atom. The largest absolute Gasteiger partial charge is 0.306 e. The molecule has 0 aliphatic heterocycles. The van der Waals surface area contributed by atoms with Crippen molar-refractivity contribution >= 4 is 33.0 Å². The first-order chi connectivity index (χ1) is 10.2. The molecule has 0 spiro atoms. The minimum Gasteiger partial charge on any atom is -0.306 e. The summed E-state index contributed by atoms with van der Waals surface area (Å²) < 4.78 is 1.33. The monoisotopic (exact) mass is 315 g/mol. The maximum atomic E-state index is 6.30. The zero-order valence-electron chi connectivity index (χ0n) is 12.2. The molecule has 0 aliphatic carbocycles. The van der Waals surface area contributed by atoms with Gasteiger partial charge in [-0.05, 0) is 48.2 Å². The van der Waals surface area contributed by atoms with Crippen LogP contribution in [0.2, 0.25) is 5.02 Å². The summed E-state index contributed by atoms with van der Waals surface area (Å²) in [6.07, 6.45) is 0. The van der Waals surface area contributed by atoms with Crippen molar-refractivity contribution in [3.8, 4) is 0 Å². The average Bonchev–Trinajstić information content (AvgIpc) is 2.91. The van der Waals surface area contributed by atoms with Crippen molar-refractivity contribution in [2.24, 2.45) is 0 Å². The number of halogens is 1. The van der Waals surface area contributed by atoms with E-state index in [4.69, 9.17) is 11.6 Å². The van der Waals surface area contributed by atoms with Gasteiger partial charge in [-0.1, -0.05) is 48.9 Å². The van der Waals surface area contributed by atoms with E-state index in [1.807, 2.05) is 18.3 Å². The highest BCUT2D eigenvalue weighted by Gasteiger charge is 2.16. The number of aryl methyl sites for hydroxylation is 1. The second-order valence-corrected chi connectivity index (χ2v) is 6.71. The molecule has 3 rings (SSSR count). The molecule has 3 aromatic rings. The molecule has 1 N–H and O–H groups in total. The molecule has 0 amide bonds. The van der Waals surface area contributed by atoms with Gasteiger partial charge in [0.1, 0.15) is 0 Å². The normalized spacial score (nSPS) is 12.7. The Morgan fingerprint density at radius 2 is 1.95 bits per heavy atom. The Balaban J connectivity index is 2.05.